The third-order valence-corrected chi connectivity index (χ3v) is 3.50. The fraction of sp³-hybridized carbons (Fsp3) is 0.0667. The Morgan fingerprint density at radius 3 is 2.74 bits per heavy atom. The third-order valence-electron chi connectivity index (χ3n) is 3.01. The first-order chi connectivity index (χ1) is 9.13. The summed E-state index contributed by atoms with van der Waals surface area (Å²) in [7, 11) is 0. The molecule has 3 rings (SSSR count). The number of nitrogens with two attached hydrogens (primary N) is 1. The highest BCUT2D eigenvalue weighted by molar-refractivity contribution is 9.10. The molecular weight excluding hydrogens is 309 g/mol. The number of fused-ring (bicyclic) bond motifs is 1. The van der Waals surface area contributed by atoms with Gasteiger partial charge in [0.2, 0.25) is 0 Å². The van der Waals surface area contributed by atoms with Gasteiger partial charge < -0.3 is 10.2 Å². The number of halogens is 2. The molecule has 0 bridgehead atoms. The Morgan fingerprint density at radius 1 is 1.11 bits per heavy atom. The van der Waals surface area contributed by atoms with Gasteiger partial charge in [0.1, 0.15) is 17.2 Å². The molecule has 3 aromatic rings. The van der Waals surface area contributed by atoms with Gasteiger partial charge in [-0.05, 0) is 42.0 Å². The van der Waals surface area contributed by atoms with Gasteiger partial charge in [-0.25, -0.2) is 4.39 Å². The van der Waals surface area contributed by atoms with Gasteiger partial charge in [0.15, 0.2) is 0 Å². The zero-order valence-electron chi connectivity index (χ0n) is 9.94. The van der Waals surface area contributed by atoms with Crippen LogP contribution in [0.15, 0.2) is 57.4 Å². The van der Waals surface area contributed by atoms with E-state index >= 15 is 0 Å². The SMILES string of the molecule is NC(c1cccc(F)c1)c1cc2cc(Br)ccc2o1. The predicted octanol–water partition coefficient (Wildman–Crippen LogP) is 4.38. The molecule has 2 aromatic carbocycles. The molecule has 0 spiro atoms. The summed E-state index contributed by atoms with van der Waals surface area (Å²) in [4.78, 5) is 0. The van der Waals surface area contributed by atoms with Crippen LogP contribution in [-0.4, -0.2) is 0 Å². The Kier molecular flexibility index (Phi) is 3.12. The van der Waals surface area contributed by atoms with Gasteiger partial charge >= 0.3 is 0 Å². The van der Waals surface area contributed by atoms with Crippen molar-refractivity contribution in [2.45, 2.75) is 6.04 Å². The number of hydrogen-bond donors (Lipinski definition) is 1. The lowest BCUT2D eigenvalue weighted by Crippen LogP contribution is -2.10. The normalized spacial score (nSPS) is 12.8. The first-order valence-corrected chi connectivity index (χ1v) is 6.63. The molecule has 96 valence electrons. The average molecular weight is 320 g/mol. The van der Waals surface area contributed by atoms with Gasteiger partial charge in [-0.3, -0.25) is 0 Å². The molecular formula is C15H11BrFNO. The van der Waals surface area contributed by atoms with Crippen LogP contribution >= 0.6 is 15.9 Å². The van der Waals surface area contributed by atoms with E-state index in [2.05, 4.69) is 15.9 Å². The number of hydrogen-bond acceptors (Lipinski definition) is 2. The van der Waals surface area contributed by atoms with Gasteiger partial charge in [0, 0.05) is 9.86 Å². The smallest absolute Gasteiger partial charge is 0.134 e. The van der Waals surface area contributed by atoms with Crippen molar-refractivity contribution >= 4 is 26.9 Å². The van der Waals surface area contributed by atoms with Crippen LogP contribution in [0.4, 0.5) is 4.39 Å². The van der Waals surface area contributed by atoms with Crippen molar-refractivity contribution in [2.24, 2.45) is 5.73 Å². The zero-order valence-corrected chi connectivity index (χ0v) is 11.5. The Hall–Kier alpha value is -1.65. The first kappa shape index (κ1) is 12.4. The summed E-state index contributed by atoms with van der Waals surface area (Å²) in [5, 5.41) is 0.969. The average Bonchev–Trinajstić information content (AvgIpc) is 2.80. The summed E-state index contributed by atoms with van der Waals surface area (Å²) >= 11 is 3.41. The van der Waals surface area contributed by atoms with Crippen molar-refractivity contribution < 1.29 is 8.81 Å². The van der Waals surface area contributed by atoms with Crippen molar-refractivity contribution in [1.82, 2.24) is 0 Å². The van der Waals surface area contributed by atoms with Gasteiger partial charge in [0.05, 0.1) is 6.04 Å². The van der Waals surface area contributed by atoms with Gasteiger partial charge in [-0.15, -0.1) is 0 Å². The third kappa shape index (κ3) is 2.41. The molecule has 0 aliphatic carbocycles. The maximum Gasteiger partial charge on any atom is 0.134 e. The lowest BCUT2D eigenvalue weighted by molar-refractivity contribution is 0.523. The van der Waals surface area contributed by atoms with Crippen LogP contribution < -0.4 is 5.73 Å². The summed E-state index contributed by atoms with van der Waals surface area (Å²) in [5.41, 5.74) is 7.58. The molecule has 0 saturated heterocycles. The van der Waals surface area contributed by atoms with E-state index in [-0.39, 0.29) is 5.82 Å². The van der Waals surface area contributed by atoms with E-state index in [1.807, 2.05) is 24.3 Å². The van der Waals surface area contributed by atoms with Crippen LogP contribution in [0.2, 0.25) is 0 Å². The maximum atomic E-state index is 13.2. The fourth-order valence-corrected chi connectivity index (χ4v) is 2.43. The zero-order chi connectivity index (χ0) is 13.4. The van der Waals surface area contributed by atoms with Crippen LogP contribution in [0, 0.1) is 5.82 Å². The summed E-state index contributed by atoms with van der Waals surface area (Å²) in [5.74, 6) is 0.325. The number of benzene rings is 2. The molecule has 0 aliphatic heterocycles. The molecule has 0 amide bonds. The molecule has 0 radical (unpaired) electrons. The van der Waals surface area contributed by atoms with Crippen LogP contribution in [0.5, 0.6) is 0 Å². The second-order valence-corrected chi connectivity index (χ2v) is 5.28. The van der Waals surface area contributed by atoms with E-state index in [0.717, 1.165) is 15.4 Å². The molecule has 1 unspecified atom stereocenters. The fourth-order valence-electron chi connectivity index (χ4n) is 2.05. The van der Waals surface area contributed by atoms with E-state index in [4.69, 9.17) is 10.2 Å². The minimum absolute atomic E-state index is 0.299. The second kappa shape index (κ2) is 4.79. The molecule has 0 saturated carbocycles. The molecule has 19 heavy (non-hydrogen) atoms. The standard InChI is InChI=1S/C15H11BrFNO/c16-11-4-5-13-10(6-11)8-14(19-13)15(18)9-2-1-3-12(17)7-9/h1-8,15H,18H2. The topological polar surface area (TPSA) is 39.2 Å². The highest BCUT2D eigenvalue weighted by Gasteiger charge is 2.14. The summed E-state index contributed by atoms with van der Waals surface area (Å²) in [6, 6.07) is 13.4. The van der Waals surface area contributed by atoms with Gasteiger partial charge in [-0.2, -0.15) is 0 Å². The quantitative estimate of drug-likeness (QED) is 0.761. The number of furan rings is 1. The van der Waals surface area contributed by atoms with Crippen LogP contribution in [-0.2, 0) is 0 Å². The molecule has 1 aromatic heterocycles. The van der Waals surface area contributed by atoms with E-state index in [1.165, 1.54) is 12.1 Å². The lowest BCUT2D eigenvalue weighted by Gasteiger charge is -2.08. The largest absolute Gasteiger partial charge is 0.459 e. The van der Waals surface area contributed by atoms with E-state index < -0.39 is 6.04 Å². The number of rotatable bonds is 2. The van der Waals surface area contributed by atoms with E-state index in [9.17, 15) is 4.39 Å². The summed E-state index contributed by atoms with van der Waals surface area (Å²) in [6.07, 6.45) is 0. The Balaban J connectivity index is 2.04. The molecule has 1 atom stereocenters. The van der Waals surface area contributed by atoms with Crippen molar-refractivity contribution in [2.75, 3.05) is 0 Å². The van der Waals surface area contributed by atoms with Crippen molar-refractivity contribution in [3.63, 3.8) is 0 Å². The van der Waals surface area contributed by atoms with Crippen molar-refractivity contribution in [1.29, 1.82) is 0 Å². The minimum Gasteiger partial charge on any atom is -0.459 e. The Labute approximate surface area is 118 Å². The van der Waals surface area contributed by atoms with Crippen molar-refractivity contribution in [3.8, 4) is 0 Å². The van der Waals surface area contributed by atoms with Gasteiger partial charge in [0.25, 0.3) is 0 Å². The van der Waals surface area contributed by atoms with Crippen LogP contribution in [0.1, 0.15) is 17.4 Å². The van der Waals surface area contributed by atoms with Crippen LogP contribution in [0.25, 0.3) is 11.0 Å². The molecule has 1 heterocycles. The molecule has 2 nitrogen and oxygen atoms in total. The molecule has 0 aliphatic rings. The summed E-state index contributed by atoms with van der Waals surface area (Å²) < 4.78 is 19.9. The molecule has 4 heteroatoms. The Morgan fingerprint density at radius 2 is 1.95 bits per heavy atom. The monoisotopic (exact) mass is 319 g/mol. The summed E-state index contributed by atoms with van der Waals surface area (Å²) in [6.45, 7) is 0. The van der Waals surface area contributed by atoms with Crippen molar-refractivity contribution in [3.05, 3.63) is 70.1 Å². The second-order valence-electron chi connectivity index (χ2n) is 4.36. The first-order valence-electron chi connectivity index (χ1n) is 5.83. The minimum atomic E-state index is -0.470. The molecule has 0 fully saturated rings. The Bertz CT molecular complexity index is 738. The maximum absolute atomic E-state index is 13.2. The highest BCUT2D eigenvalue weighted by atomic mass is 79.9. The van der Waals surface area contributed by atoms with E-state index in [0.29, 0.717) is 11.3 Å². The van der Waals surface area contributed by atoms with Gasteiger partial charge in [-0.1, -0.05) is 28.1 Å². The molecule has 2 N–H and O–H groups in total. The highest BCUT2D eigenvalue weighted by Crippen LogP contribution is 2.28. The lowest BCUT2D eigenvalue weighted by atomic mass is 10.1. The van der Waals surface area contributed by atoms with E-state index in [1.54, 1.807) is 12.1 Å². The van der Waals surface area contributed by atoms with Crippen LogP contribution in [0.3, 0.4) is 0 Å². The predicted molar refractivity (Wildman–Crippen MR) is 76.3 cm³/mol.